The highest BCUT2D eigenvalue weighted by atomic mass is 16.5. The Morgan fingerprint density at radius 1 is 1.23 bits per heavy atom. The Morgan fingerprint density at radius 2 is 1.97 bits per heavy atom. The molecule has 2 amide bonds. The summed E-state index contributed by atoms with van der Waals surface area (Å²) in [7, 11) is 3.34. The van der Waals surface area contributed by atoms with Crippen LogP contribution in [0.15, 0.2) is 41.3 Å². The molecule has 1 fully saturated rings. The summed E-state index contributed by atoms with van der Waals surface area (Å²) in [6.07, 6.45) is 2.23. The molecule has 1 aromatic carbocycles. The second-order valence-electron chi connectivity index (χ2n) is 7.89. The first-order valence-electron chi connectivity index (χ1n) is 10.1. The van der Waals surface area contributed by atoms with E-state index in [1.807, 2.05) is 49.2 Å². The van der Waals surface area contributed by atoms with Crippen molar-refractivity contribution in [3.05, 3.63) is 63.6 Å². The number of likely N-dealkylation sites (N-methyl/N-ethyl adjacent to an activating group) is 1. The van der Waals surface area contributed by atoms with Crippen LogP contribution >= 0.6 is 0 Å². The van der Waals surface area contributed by atoms with E-state index in [1.165, 1.54) is 13.3 Å². The maximum Gasteiger partial charge on any atom is 0.276 e. The average molecular weight is 410 g/mol. The lowest BCUT2D eigenvalue weighted by atomic mass is 10.0. The van der Waals surface area contributed by atoms with E-state index in [1.54, 1.807) is 4.57 Å². The van der Waals surface area contributed by atoms with E-state index in [9.17, 15) is 14.4 Å². The minimum Gasteiger partial charge on any atom is -0.491 e. The van der Waals surface area contributed by atoms with Crippen LogP contribution < -0.4 is 15.5 Å². The second-order valence-corrected chi connectivity index (χ2v) is 7.89. The number of pyridine rings is 1. The van der Waals surface area contributed by atoms with Crippen LogP contribution in [0.5, 0.6) is 5.75 Å². The standard InChI is InChI=1S/C22H26N4O4/c1-14-9-10-24(2)17-13-25-12-16(21(28)23-11-15-7-5-4-6-8-15)19(27)20(30-3)18(25)22(29)26(14)17/h4-8,12,14,17H,9-11,13H2,1-3H3,(H,23,28)/t14-,17-/m0/s1. The highest BCUT2D eigenvalue weighted by Crippen LogP contribution is 2.30. The van der Waals surface area contributed by atoms with E-state index in [-0.39, 0.29) is 35.1 Å². The van der Waals surface area contributed by atoms with Gasteiger partial charge in [-0.2, -0.15) is 0 Å². The number of fused-ring (bicyclic) bond motifs is 2. The Morgan fingerprint density at radius 3 is 2.67 bits per heavy atom. The number of carbonyl (C=O) groups excluding carboxylic acids is 2. The van der Waals surface area contributed by atoms with Gasteiger partial charge in [0.2, 0.25) is 5.43 Å². The highest BCUT2D eigenvalue weighted by Gasteiger charge is 2.42. The quantitative estimate of drug-likeness (QED) is 0.821. The lowest BCUT2D eigenvalue weighted by molar-refractivity contribution is -0.0209. The Hall–Kier alpha value is -3.13. The van der Waals surface area contributed by atoms with Crippen molar-refractivity contribution in [1.29, 1.82) is 0 Å². The molecule has 8 nitrogen and oxygen atoms in total. The van der Waals surface area contributed by atoms with Crippen molar-refractivity contribution in [1.82, 2.24) is 19.7 Å². The zero-order valence-corrected chi connectivity index (χ0v) is 17.4. The van der Waals surface area contributed by atoms with Crippen molar-refractivity contribution >= 4 is 11.8 Å². The first kappa shape index (κ1) is 20.2. The average Bonchev–Trinajstić information content (AvgIpc) is 2.75. The number of rotatable bonds is 4. The van der Waals surface area contributed by atoms with Crippen molar-refractivity contribution in [2.24, 2.45) is 0 Å². The summed E-state index contributed by atoms with van der Waals surface area (Å²) in [6, 6.07) is 9.53. The van der Waals surface area contributed by atoms with E-state index in [0.717, 1.165) is 18.5 Å². The molecule has 0 radical (unpaired) electrons. The highest BCUT2D eigenvalue weighted by molar-refractivity contribution is 5.99. The van der Waals surface area contributed by atoms with Gasteiger partial charge in [-0.15, -0.1) is 0 Å². The number of hydrogen-bond donors (Lipinski definition) is 1. The minimum atomic E-state index is -0.570. The van der Waals surface area contributed by atoms with Gasteiger partial charge in [-0.05, 0) is 26.0 Å². The molecule has 30 heavy (non-hydrogen) atoms. The van der Waals surface area contributed by atoms with Crippen LogP contribution in [-0.4, -0.2) is 59.1 Å². The first-order chi connectivity index (χ1) is 14.4. The van der Waals surface area contributed by atoms with Gasteiger partial charge in [-0.1, -0.05) is 30.3 Å². The molecule has 2 aromatic rings. The fraction of sp³-hybridized carbons (Fsp3) is 0.409. The number of benzene rings is 1. The Labute approximate surface area is 175 Å². The number of methoxy groups -OCH3 is 1. The summed E-state index contributed by atoms with van der Waals surface area (Å²) < 4.78 is 7.02. The van der Waals surface area contributed by atoms with Gasteiger partial charge in [0, 0.05) is 25.3 Å². The van der Waals surface area contributed by atoms with Gasteiger partial charge in [0.15, 0.2) is 11.4 Å². The van der Waals surface area contributed by atoms with E-state index in [2.05, 4.69) is 10.2 Å². The van der Waals surface area contributed by atoms with Crippen molar-refractivity contribution in [3.8, 4) is 5.75 Å². The first-order valence-corrected chi connectivity index (χ1v) is 10.1. The molecule has 158 valence electrons. The van der Waals surface area contributed by atoms with Crippen LogP contribution in [-0.2, 0) is 13.1 Å². The number of hydrogen-bond acceptors (Lipinski definition) is 5. The van der Waals surface area contributed by atoms with E-state index < -0.39 is 11.3 Å². The van der Waals surface area contributed by atoms with E-state index in [4.69, 9.17) is 4.74 Å². The van der Waals surface area contributed by atoms with Crippen LogP contribution in [0.25, 0.3) is 0 Å². The minimum absolute atomic E-state index is 0.0284. The summed E-state index contributed by atoms with van der Waals surface area (Å²) in [5.74, 6) is -0.806. The van der Waals surface area contributed by atoms with Crippen molar-refractivity contribution in [3.63, 3.8) is 0 Å². The maximum atomic E-state index is 13.3. The molecule has 0 unspecified atom stereocenters. The molecule has 8 heteroatoms. The molecule has 0 aliphatic carbocycles. The summed E-state index contributed by atoms with van der Waals surface area (Å²) in [4.78, 5) is 43.0. The van der Waals surface area contributed by atoms with Gasteiger partial charge in [0.05, 0.1) is 13.7 Å². The topological polar surface area (TPSA) is 83.9 Å². The van der Waals surface area contributed by atoms with Gasteiger partial charge in [-0.25, -0.2) is 0 Å². The fourth-order valence-electron chi connectivity index (χ4n) is 4.27. The van der Waals surface area contributed by atoms with Crippen LogP contribution in [0.2, 0.25) is 0 Å². The molecule has 2 atom stereocenters. The third-order valence-corrected chi connectivity index (χ3v) is 5.98. The Balaban J connectivity index is 1.70. The molecule has 1 aromatic heterocycles. The summed E-state index contributed by atoms with van der Waals surface area (Å²) >= 11 is 0. The third kappa shape index (κ3) is 3.37. The number of nitrogens with one attached hydrogen (secondary N) is 1. The third-order valence-electron chi connectivity index (χ3n) is 5.98. The van der Waals surface area contributed by atoms with E-state index in [0.29, 0.717) is 13.1 Å². The molecule has 2 aliphatic rings. The smallest absolute Gasteiger partial charge is 0.276 e. The molecular weight excluding hydrogens is 384 g/mol. The molecule has 0 spiro atoms. The van der Waals surface area contributed by atoms with Gasteiger partial charge >= 0.3 is 0 Å². The summed E-state index contributed by atoms with van der Waals surface area (Å²) in [5.41, 5.74) is 0.540. The van der Waals surface area contributed by atoms with Gasteiger partial charge in [0.1, 0.15) is 11.7 Å². The predicted octanol–water partition coefficient (Wildman–Crippen LogP) is 1.29. The normalized spacial score (nSPS) is 21.0. The number of aromatic nitrogens is 1. The molecular formula is C22H26N4O4. The number of nitrogens with zero attached hydrogens (tertiary/aromatic N) is 3. The molecule has 1 saturated heterocycles. The van der Waals surface area contributed by atoms with Gasteiger partial charge in [0.25, 0.3) is 11.8 Å². The predicted molar refractivity (Wildman–Crippen MR) is 112 cm³/mol. The number of carbonyl (C=O) groups is 2. The van der Waals surface area contributed by atoms with Crippen LogP contribution in [0.4, 0.5) is 0 Å². The summed E-state index contributed by atoms with van der Waals surface area (Å²) in [5, 5.41) is 2.78. The Bertz CT molecular complexity index is 1030. The van der Waals surface area contributed by atoms with Crippen LogP contribution in [0, 0.1) is 0 Å². The molecule has 3 heterocycles. The number of ether oxygens (including phenoxy) is 1. The molecule has 0 saturated carbocycles. The zero-order valence-electron chi connectivity index (χ0n) is 17.4. The second kappa shape index (κ2) is 7.95. The SMILES string of the molecule is COc1c2n(cc(C(=O)NCc3ccccc3)c1=O)C[C@H]1N(C)CC[C@H](C)N1C2=O. The van der Waals surface area contributed by atoms with Gasteiger partial charge in [-0.3, -0.25) is 19.3 Å². The zero-order chi connectivity index (χ0) is 21.4. The monoisotopic (exact) mass is 410 g/mol. The lowest BCUT2D eigenvalue weighted by Gasteiger charge is -2.49. The summed E-state index contributed by atoms with van der Waals surface area (Å²) in [6.45, 7) is 3.67. The van der Waals surface area contributed by atoms with Crippen molar-refractivity contribution in [2.75, 3.05) is 20.7 Å². The fourth-order valence-corrected chi connectivity index (χ4v) is 4.27. The van der Waals surface area contributed by atoms with Crippen LogP contribution in [0.1, 0.15) is 39.8 Å². The molecule has 1 N–H and O–H groups in total. The van der Waals surface area contributed by atoms with E-state index >= 15 is 0 Å². The maximum absolute atomic E-state index is 13.3. The van der Waals surface area contributed by atoms with Crippen molar-refractivity contribution in [2.45, 2.75) is 38.6 Å². The number of amides is 2. The van der Waals surface area contributed by atoms with Gasteiger partial charge < -0.3 is 19.5 Å². The van der Waals surface area contributed by atoms with Crippen molar-refractivity contribution < 1.29 is 14.3 Å². The molecule has 4 rings (SSSR count). The molecule has 0 bridgehead atoms. The largest absolute Gasteiger partial charge is 0.491 e. The molecule has 2 aliphatic heterocycles. The Kier molecular flexibility index (Phi) is 5.34. The van der Waals surface area contributed by atoms with Crippen LogP contribution in [0.3, 0.4) is 0 Å². The lowest BCUT2D eigenvalue weighted by Crippen LogP contribution is -2.62.